The van der Waals surface area contributed by atoms with E-state index >= 15 is 0 Å². The van der Waals surface area contributed by atoms with Gasteiger partial charge in [0, 0.05) is 32.2 Å². The SMILES string of the molecule is CCN1CCC(NC(=O)CN2CCCC(CNC(=O)C3CCCN3)C2)CC1. The van der Waals surface area contributed by atoms with Gasteiger partial charge in [0.25, 0.3) is 0 Å². The van der Waals surface area contributed by atoms with Crippen LogP contribution < -0.4 is 16.0 Å². The van der Waals surface area contributed by atoms with Crippen LogP contribution in [0.5, 0.6) is 0 Å². The van der Waals surface area contributed by atoms with Gasteiger partial charge in [0.05, 0.1) is 12.6 Å². The van der Waals surface area contributed by atoms with Gasteiger partial charge in [0.2, 0.25) is 11.8 Å². The van der Waals surface area contributed by atoms with E-state index in [2.05, 4.69) is 32.7 Å². The van der Waals surface area contributed by atoms with E-state index in [9.17, 15) is 9.59 Å². The first kappa shape index (κ1) is 20.6. The van der Waals surface area contributed by atoms with Crippen molar-refractivity contribution in [1.82, 2.24) is 25.8 Å². The second kappa shape index (κ2) is 10.4. The highest BCUT2D eigenvalue weighted by Gasteiger charge is 2.26. The van der Waals surface area contributed by atoms with Crippen LogP contribution in [-0.4, -0.2) is 86.1 Å². The Bertz CT molecular complexity index is 487. The predicted molar refractivity (Wildman–Crippen MR) is 106 cm³/mol. The Balaban J connectivity index is 1.34. The number of amides is 2. The maximum atomic E-state index is 12.4. The molecule has 154 valence electrons. The van der Waals surface area contributed by atoms with Crippen LogP contribution in [0, 0.1) is 5.92 Å². The smallest absolute Gasteiger partial charge is 0.237 e. The number of rotatable bonds is 7. The zero-order valence-corrected chi connectivity index (χ0v) is 16.8. The summed E-state index contributed by atoms with van der Waals surface area (Å²) in [5.74, 6) is 0.746. The maximum Gasteiger partial charge on any atom is 0.237 e. The first-order valence-electron chi connectivity index (χ1n) is 10.9. The maximum absolute atomic E-state index is 12.4. The van der Waals surface area contributed by atoms with Gasteiger partial charge in [0.15, 0.2) is 0 Å². The average Bonchev–Trinajstić information content (AvgIpc) is 3.22. The third-order valence-corrected chi connectivity index (χ3v) is 6.31. The fourth-order valence-corrected chi connectivity index (χ4v) is 4.61. The molecule has 0 spiro atoms. The van der Waals surface area contributed by atoms with Crippen molar-refractivity contribution in [2.75, 3.05) is 52.4 Å². The largest absolute Gasteiger partial charge is 0.354 e. The van der Waals surface area contributed by atoms with E-state index in [0.717, 1.165) is 84.3 Å². The number of carbonyl (C=O) groups is 2. The van der Waals surface area contributed by atoms with E-state index in [1.807, 2.05) is 0 Å². The number of piperidine rings is 2. The molecular weight excluding hydrogens is 342 g/mol. The number of likely N-dealkylation sites (tertiary alicyclic amines) is 2. The first-order valence-corrected chi connectivity index (χ1v) is 10.9. The number of carbonyl (C=O) groups excluding carboxylic acids is 2. The Morgan fingerprint density at radius 2 is 1.85 bits per heavy atom. The highest BCUT2D eigenvalue weighted by molar-refractivity contribution is 5.82. The van der Waals surface area contributed by atoms with Crippen molar-refractivity contribution in [3.8, 4) is 0 Å². The molecule has 2 amide bonds. The molecule has 0 aromatic carbocycles. The number of nitrogens with zero attached hydrogens (tertiary/aromatic N) is 2. The Kier molecular flexibility index (Phi) is 7.91. The number of hydrogen-bond donors (Lipinski definition) is 3. The molecule has 0 radical (unpaired) electrons. The van der Waals surface area contributed by atoms with Crippen molar-refractivity contribution in [2.45, 2.75) is 57.5 Å². The lowest BCUT2D eigenvalue weighted by molar-refractivity contribution is -0.125. The van der Waals surface area contributed by atoms with E-state index in [1.165, 1.54) is 0 Å². The fraction of sp³-hybridized carbons (Fsp3) is 0.900. The van der Waals surface area contributed by atoms with Crippen molar-refractivity contribution in [3.63, 3.8) is 0 Å². The van der Waals surface area contributed by atoms with Gasteiger partial charge in [-0.2, -0.15) is 0 Å². The summed E-state index contributed by atoms with van der Waals surface area (Å²) in [5.41, 5.74) is 0. The van der Waals surface area contributed by atoms with Crippen LogP contribution in [0.2, 0.25) is 0 Å². The molecule has 0 aromatic rings. The van der Waals surface area contributed by atoms with Gasteiger partial charge in [-0.1, -0.05) is 6.92 Å². The van der Waals surface area contributed by atoms with Crippen LogP contribution in [0.4, 0.5) is 0 Å². The van der Waals surface area contributed by atoms with Gasteiger partial charge in [-0.3, -0.25) is 14.5 Å². The molecule has 3 fully saturated rings. The minimum Gasteiger partial charge on any atom is -0.354 e. The number of hydrogen-bond acceptors (Lipinski definition) is 5. The van der Waals surface area contributed by atoms with Crippen molar-refractivity contribution < 1.29 is 9.59 Å². The second-order valence-electron chi connectivity index (χ2n) is 8.41. The quantitative estimate of drug-likeness (QED) is 0.588. The molecule has 2 atom stereocenters. The summed E-state index contributed by atoms with van der Waals surface area (Å²) in [6.45, 7) is 9.51. The summed E-state index contributed by atoms with van der Waals surface area (Å²) in [6.07, 6.45) is 6.38. The Morgan fingerprint density at radius 1 is 1.04 bits per heavy atom. The van der Waals surface area contributed by atoms with Gasteiger partial charge < -0.3 is 20.9 Å². The molecule has 7 heteroatoms. The highest BCUT2D eigenvalue weighted by atomic mass is 16.2. The molecule has 27 heavy (non-hydrogen) atoms. The third kappa shape index (κ3) is 6.43. The molecular formula is C20H37N5O2. The van der Waals surface area contributed by atoms with Crippen LogP contribution in [0.3, 0.4) is 0 Å². The van der Waals surface area contributed by atoms with Crippen molar-refractivity contribution >= 4 is 11.8 Å². The van der Waals surface area contributed by atoms with Gasteiger partial charge >= 0.3 is 0 Å². The van der Waals surface area contributed by atoms with Crippen LogP contribution in [-0.2, 0) is 9.59 Å². The molecule has 0 bridgehead atoms. The Morgan fingerprint density at radius 3 is 2.56 bits per heavy atom. The molecule has 0 aliphatic carbocycles. The van der Waals surface area contributed by atoms with E-state index < -0.39 is 0 Å². The molecule has 2 unspecified atom stereocenters. The zero-order chi connectivity index (χ0) is 19.1. The summed E-state index contributed by atoms with van der Waals surface area (Å²) in [7, 11) is 0. The van der Waals surface area contributed by atoms with Gasteiger partial charge in [-0.15, -0.1) is 0 Å². The van der Waals surface area contributed by atoms with E-state index in [-0.39, 0.29) is 17.9 Å². The van der Waals surface area contributed by atoms with Crippen LogP contribution in [0.15, 0.2) is 0 Å². The Hall–Kier alpha value is -1.18. The van der Waals surface area contributed by atoms with Crippen LogP contribution in [0.25, 0.3) is 0 Å². The van der Waals surface area contributed by atoms with E-state index in [4.69, 9.17) is 0 Å². The Labute approximate surface area is 163 Å². The summed E-state index contributed by atoms with van der Waals surface area (Å²) in [6, 6.07) is 0.327. The summed E-state index contributed by atoms with van der Waals surface area (Å²) in [5, 5.41) is 9.58. The molecule has 3 N–H and O–H groups in total. The second-order valence-corrected chi connectivity index (χ2v) is 8.41. The van der Waals surface area contributed by atoms with E-state index in [0.29, 0.717) is 18.5 Å². The lowest BCUT2D eigenvalue weighted by Crippen LogP contribution is -2.50. The third-order valence-electron chi connectivity index (χ3n) is 6.31. The van der Waals surface area contributed by atoms with Crippen LogP contribution >= 0.6 is 0 Å². The number of nitrogens with one attached hydrogen (secondary N) is 3. The topological polar surface area (TPSA) is 76.7 Å². The first-order chi connectivity index (χ1) is 13.1. The van der Waals surface area contributed by atoms with Gasteiger partial charge in [-0.05, 0) is 64.1 Å². The van der Waals surface area contributed by atoms with Crippen molar-refractivity contribution in [3.05, 3.63) is 0 Å². The summed E-state index contributed by atoms with van der Waals surface area (Å²) >= 11 is 0. The molecule has 0 aromatic heterocycles. The molecule has 3 aliphatic heterocycles. The molecule has 7 nitrogen and oxygen atoms in total. The molecule has 3 rings (SSSR count). The summed E-state index contributed by atoms with van der Waals surface area (Å²) in [4.78, 5) is 29.3. The monoisotopic (exact) mass is 379 g/mol. The minimum absolute atomic E-state index is 0.00500. The van der Waals surface area contributed by atoms with E-state index in [1.54, 1.807) is 0 Å². The summed E-state index contributed by atoms with van der Waals surface area (Å²) < 4.78 is 0. The molecule has 0 saturated carbocycles. The minimum atomic E-state index is -0.00500. The highest BCUT2D eigenvalue weighted by Crippen LogP contribution is 2.16. The van der Waals surface area contributed by atoms with Crippen LogP contribution in [0.1, 0.15) is 45.4 Å². The fourth-order valence-electron chi connectivity index (χ4n) is 4.61. The predicted octanol–water partition coefficient (Wildman–Crippen LogP) is 0.167. The lowest BCUT2D eigenvalue weighted by atomic mass is 9.97. The van der Waals surface area contributed by atoms with Gasteiger partial charge in [-0.25, -0.2) is 0 Å². The van der Waals surface area contributed by atoms with Gasteiger partial charge in [0.1, 0.15) is 0 Å². The molecule has 3 heterocycles. The standard InChI is InChI=1S/C20H37N5O2/c1-2-24-11-7-17(8-12-24)23-19(26)15-25-10-4-5-16(14-25)13-22-20(27)18-6-3-9-21-18/h16-18,21H,2-15H2,1H3,(H,22,27)(H,23,26). The zero-order valence-electron chi connectivity index (χ0n) is 16.8. The molecule has 3 saturated heterocycles. The lowest BCUT2D eigenvalue weighted by Gasteiger charge is -2.34. The average molecular weight is 380 g/mol. The normalized spacial score (nSPS) is 28.2. The van der Waals surface area contributed by atoms with Crippen molar-refractivity contribution in [2.24, 2.45) is 5.92 Å². The van der Waals surface area contributed by atoms with Crippen molar-refractivity contribution in [1.29, 1.82) is 0 Å². The molecule has 3 aliphatic rings.